The fourth-order valence-corrected chi connectivity index (χ4v) is 6.03. The number of pyridine rings is 1. The van der Waals surface area contributed by atoms with Gasteiger partial charge in [0.15, 0.2) is 0 Å². The minimum absolute atomic E-state index is 0.112. The lowest BCUT2D eigenvalue weighted by Crippen LogP contribution is -2.50. The molecule has 1 aliphatic heterocycles. The van der Waals surface area contributed by atoms with Crippen LogP contribution in [0.5, 0.6) is 0 Å². The molecule has 3 aromatic carbocycles. The third-order valence-corrected chi connectivity index (χ3v) is 8.56. The van der Waals surface area contributed by atoms with Crippen molar-refractivity contribution in [3.05, 3.63) is 95.3 Å². The van der Waals surface area contributed by atoms with Crippen LogP contribution in [0.1, 0.15) is 16.1 Å². The van der Waals surface area contributed by atoms with Crippen LogP contribution in [0.15, 0.2) is 83.9 Å². The summed E-state index contributed by atoms with van der Waals surface area (Å²) in [6.45, 7) is 1.50. The molecular weight excluding hydrogens is 496 g/mol. The first kappa shape index (κ1) is 24.4. The summed E-state index contributed by atoms with van der Waals surface area (Å²) in [7, 11) is -3.67. The molecule has 1 aromatic heterocycles. The van der Waals surface area contributed by atoms with Gasteiger partial charge in [0.1, 0.15) is 0 Å². The lowest BCUT2D eigenvalue weighted by molar-refractivity contribution is 0.0698. The SMILES string of the molecule is NCc1cc(-c2ccc(C(=O)N3CCN(S(=O)(=O)c4ccc5cc(Cl)ccc5c4)CC3)cc2)ccn1. The van der Waals surface area contributed by atoms with Gasteiger partial charge in [-0.3, -0.25) is 9.78 Å². The zero-order valence-corrected chi connectivity index (χ0v) is 21.0. The van der Waals surface area contributed by atoms with E-state index >= 15 is 0 Å². The van der Waals surface area contributed by atoms with E-state index in [1.807, 2.05) is 30.3 Å². The highest BCUT2D eigenvalue weighted by atomic mass is 35.5. The standard InChI is InChI=1S/C27H25ClN4O3S/c28-24-7-5-22-17-26(8-6-21(22)15-24)36(34,35)32-13-11-31(12-14-32)27(33)20-3-1-19(2-4-20)23-9-10-30-25(16-23)18-29/h1-10,15-17H,11-14,18,29H2. The topological polar surface area (TPSA) is 96.6 Å². The molecule has 184 valence electrons. The van der Waals surface area contributed by atoms with E-state index in [1.54, 1.807) is 53.6 Å². The summed E-state index contributed by atoms with van der Waals surface area (Å²) in [5.74, 6) is -0.112. The predicted molar refractivity (Wildman–Crippen MR) is 141 cm³/mol. The fraction of sp³-hybridized carbons (Fsp3) is 0.185. The van der Waals surface area contributed by atoms with Crippen LogP contribution >= 0.6 is 11.6 Å². The Hall–Kier alpha value is -3.30. The number of rotatable bonds is 5. The highest BCUT2D eigenvalue weighted by molar-refractivity contribution is 7.89. The molecule has 0 unspecified atom stereocenters. The first-order valence-electron chi connectivity index (χ1n) is 11.6. The summed E-state index contributed by atoms with van der Waals surface area (Å²) < 4.78 is 27.9. The molecule has 2 heterocycles. The summed E-state index contributed by atoms with van der Waals surface area (Å²) in [6, 6.07) is 21.6. The Kier molecular flexibility index (Phi) is 6.77. The fourth-order valence-electron chi connectivity index (χ4n) is 4.39. The van der Waals surface area contributed by atoms with Gasteiger partial charge < -0.3 is 10.6 Å². The van der Waals surface area contributed by atoms with E-state index in [4.69, 9.17) is 17.3 Å². The normalized spacial score (nSPS) is 14.8. The van der Waals surface area contributed by atoms with Crippen molar-refractivity contribution in [3.8, 4) is 11.1 Å². The average molecular weight is 521 g/mol. The zero-order chi connectivity index (χ0) is 25.3. The van der Waals surface area contributed by atoms with Gasteiger partial charge in [-0.05, 0) is 70.4 Å². The molecular formula is C27H25ClN4O3S. The molecule has 0 atom stereocenters. The molecule has 1 aliphatic rings. The van der Waals surface area contributed by atoms with E-state index in [0.717, 1.165) is 27.6 Å². The molecule has 2 N–H and O–H groups in total. The highest BCUT2D eigenvalue weighted by Gasteiger charge is 2.30. The second-order valence-corrected chi connectivity index (χ2v) is 11.0. The smallest absolute Gasteiger partial charge is 0.253 e. The van der Waals surface area contributed by atoms with E-state index < -0.39 is 10.0 Å². The minimum atomic E-state index is -3.67. The molecule has 1 saturated heterocycles. The Morgan fingerprint density at radius 3 is 2.28 bits per heavy atom. The lowest BCUT2D eigenvalue weighted by atomic mass is 10.0. The van der Waals surface area contributed by atoms with Crippen molar-refractivity contribution in [2.24, 2.45) is 5.73 Å². The number of nitrogens with zero attached hydrogens (tertiary/aromatic N) is 3. The second kappa shape index (κ2) is 9.99. The van der Waals surface area contributed by atoms with Gasteiger partial charge in [0, 0.05) is 49.5 Å². The second-order valence-electron chi connectivity index (χ2n) is 8.67. The minimum Gasteiger partial charge on any atom is -0.336 e. The number of hydrogen-bond donors (Lipinski definition) is 1. The number of carbonyl (C=O) groups is 1. The van der Waals surface area contributed by atoms with E-state index in [-0.39, 0.29) is 23.9 Å². The van der Waals surface area contributed by atoms with Gasteiger partial charge >= 0.3 is 0 Å². The number of carbonyl (C=O) groups excluding carboxylic acids is 1. The Bertz CT molecular complexity index is 1530. The number of piperazine rings is 1. The summed E-state index contributed by atoms with van der Waals surface area (Å²) in [5.41, 5.74) is 9.00. The maximum Gasteiger partial charge on any atom is 0.253 e. The van der Waals surface area contributed by atoms with Crippen molar-refractivity contribution in [2.75, 3.05) is 26.2 Å². The van der Waals surface area contributed by atoms with Crippen LogP contribution in [0, 0.1) is 0 Å². The molecule has 0 spiro atoms. The van der Waals surface area contributed by atoms with E-state index in [2.05, 4.69) is 4.98 Å². The average Bonchev–Trinajstić information content (AvgIpc) is 2.92. The van der Waals surface area contributed by atoms with Crippen LogP contribution in [-0.2, 0) is 16.6 Å². The van der Waals surface area contributed by atoms with Crippen LogP contribution in [0.3, 0.4) is 0 Å². The first-order valence-corrected chi connectivity index (χ1v) is 13.4. The van der Waals surface area contributed by atoms with Crippen molar-refractivity contribution < 1.29 is 13.2 Å². The van der Waals surface area contributed by atoms with E-state index in [0.29, 0.717) is 30.2 Å². The molecule has 1 fully saturated rings. The third-order valence-electron chi connectivity index (χ3n) is 6.43. The summed E-state index contributed by atoms with van der Waals surface area (Å²) in [6.07, 6.45) is 1.72. The predicted octanol–water partition coefficient (Wildman–Crippen LogP) is 4.16. The van der Waals surface area contributed by atoms with Crippen LogP contribution < -0.4 is 5.73 Å². The maximum absolute atomic E-state index is 13.2. The Labute approximate surface area is 215 Å². The van der Waals surface area contributed by atoms with Crippen molar-refractivity contribution in [1.82, 2.24) is 14.2 Å². The van der Waals surface area contributed by atoms with E-state index in [9.17, 15) is 13.2 Å². The van der Waals surface area contributed by atoms with Gasteiger partial charge in [-0.15, -0.1) is 0 Å². The van der Waals surface area contributed by atoms with Crippen molar-refractivity contribution in [1.29, 1.82) is 0 Å². The Morgan fingerprint density at radius 2 is 1.56 bits per heavy atom. The van der Waals surface area contributed by atoms with Gasteiger partial charge in [0.05, 0.1) is 10.6 Å². The molecule has 0 saturated carbocycles. The summed E-state index contributed by atoms with van der Waals surface area (Å²) in [4.78, 5) is 19.2. The monoisotopic (exact) mass is 520 g/mol. The van der Waals surface area contributed by atoms with Gasteiger partial charge in [-0.1, -0.05) is 35.9 Å². The van der Waals surface area contributed by atoms with Crippen molar-refractivity contribution in [3.63, 3.8) is 0 Å². The molecule has 1 amide bonds. The lowest BCUT2D eigenvalue weighted by Gasteiger charge is -2.34. The van der Waals surface area contributed by atoms with Gasteiger partial charge in [-0.25, -0.2) is 8.42 Å². The number of fused-ring (bicyclic) bond motifs is 1. The molecule has 5 rings (SSSR count). The van der Waals surface area contributed by atoms with Crippen LogP contribution in [-0.4, -0.2) is 54.7 Å². The van der Waals surface area contributed by atoms with Crippen LogP contribution in [0.4, 0.5) is 0 Å². The quantitative estimate of drug-likeness (QED) is 0.426. The molecule has 0 bridgehead atoms. The third kappa shape index (κ3) is 4.85. The Balaban J connectivity index is 1.26. The van der Waals surface area contributed by atoms with Gasteiger partial charge in [0.25, 0.3) is 5.91 Å². The van der Waals surface area contributed by atoms with Gasteiger partial charge in [-0.2, -0.15) is 4.31 Å². The molecule has 0 aliphatic carbocycles. The van der Waals surface area contributed by atoms with E-state index in [1.165, 1.54) is 4.31 Å². The highest BCUT2D eigenvalue weighted by Crippen LogP contribution is 2.26. The summed E-state index contributed by atoms with van der Waals surface area (Å²) >= 11 is 6.04. The largest absolute Gasteiger partial charge is 0.336 e. The molecule has 9 heteroatoms. The molecule has 36 heavy (non-hydrogen) atoms. The zero-order valence-electron chi connectivity index (χ0n) is 19.5. The molecule has 0 radical (unpaired) electrons. The van der Waals surface area contributed by atoms with Crippen LogP contribution in [0.25, 0.3) is 21.9 Å². The van der Waals surface area contributed by atoms with Crippen molar-refractivity contribution in [2.45, 2.75) is 11.4 Å². The van der Waals surface area contributed by atoms with Gasteiger partial charge in [0.2, 0.25) is 10.0 Å². The Morgan fingerprint density at radius 1 is 0.861 bits per heavy atom. The van der Waals surface area contributed by atoms with Crippen molar-refractivity contribution >= 4 is 38.3 Å². The first-order chi connectivity index (χ1) is 17.3. The number of hydrogen-bond acceptors (Lipinski definition) is 5. The number of nitrogens with two attached hydrogens (primary N) is 1. The number of benzene rings is 3. The van der Waals surface area contributed by atoms with Crippen LogP contribution in [0.2, 0.25) is 5.02 Å². The number of aromatic nitrogens is 1. The summed E-state index contributed by atoms with van der Waals surface area (Å²) in [5, 5.41) is 2.29. The number of amides is 1. The molecule has 7 nitrogen and oxygen atoms in total. The number of halogens is 1. The maximum atomic E-state index is 13.2. The molecule has 4 aromatic rings. The number of sulfonamides is 1.